The zero-order chi connectivity index (χ0) is 17.1. The van der Waals surface area contributed by atoms with Crippen LogP contribution < -0.4 is 10.2 Å². The van der Waals surface area contributed by atoms with E-state index >= 15 is 0 Å². The van der Waals surface area contributed by atoms with Crippen molar-refractivity contribution in [3.63, 3.8) is 0 Å². The Hall–Kier alpha value is -2.66. The highest BCUT2D eigenvalue weighted by molar-refractivity contribution is 7.24. The van der Waals surface area contributed by atoms with Crippen molar-refractivity contribution in [2.45, 2.75) is 6.92 Å². The van der Waals surface area contributed by atoms with Gasteiger partial charge in [0.2, 0.25) is 0 Å². The number of ether oxygens (including phenoxy) is 2. The quantitative estimate of drug-likeness (QED) is 0.306. The lowest BCUT2D eigenvalue weighted by atomic mass is 10.2. The van der Waals surface area contributed by atoms with Crippen LogP contribution in [0.15, 0.2) is 59.4 Å². The zero-order valence-corrected chi connectivity index (χ0v) is 14.0. The Morgan fingerprint density at radius 1 is 1.08 bits per heavy atom. The van der Waals surface area contributed by atoms with Gasteiger partial charge in [-0.2, -0.15) is 0 Å². The summed E-state index contributed by atoms with van der Waals surface area (Å²) in [5.41, 5.74) is 0.388. The molecule has 0 amide bonds. The number of esters is 1. The molecule has 0 radical (unpaired) electrons. The highest BCUT2D eigenvalue weighted by atomic mass is 32.1. The third-order valence-corrected chi connectivity index (χ3v) is 4.62. The molecule has 5 heteroatoms. The molecule has 0 atom stereocenters. The third-order valence-electron chi connectivity index (χ3n) is 3.48. The van der Waals surface area contributed by atoms with Gasteiger partial charge in [-0.05, 0) is 37.3 Å². The lowest BCUT2D eigenvalue weighted by Gasteiger charge is -2.08. The van der Waals surface area contributed by atoms with Gasteiger partial charge in [-0.1, -0.05) is 18.7 Å². The summed E-state index contributed by atoms with van der Waals surface area (Å²) in [5, 5.41) is 1.41. The summed E-state index contributed by atoms with van der Waals surface area (Å²) in [7, 11) is 0. The molecule has 0 spiro atoms. The van der Waals surface area contributed by atoms with E-state index in [1.54, 1.807) is 30.4 Å². The van der Waals surface area contributed by atoms with Crippen LogP contribution in [0.1, 0.15) is 6.92 Å². The van der Waals surface area contributed by atoms with Gasteiger partial charge in [0.15, 0.2) is 5.43 Å². The smallest absolute Gasteiger partial charge is 0.333 e. The number of rotatable bonds is 5. The molecule has 0 aliphatic heterocycles. The first-order valence-electron chi connectivity index (χ1n) is 7.47. The Bertz CT molecular complexity index is 987. The molecular weight excluding hydrogens is 324 g/mol. The second kappa shape index (κ2) is 6.84. The van der Waals surface area contributed by atoms with E-state index < -0.39 is 5.97 Å². The van der Waals surface area contributed by atoms with Gasteiger partial charge >= 0.3 is 5.97 Å². The van der Waals surface area contributed by atoms with Gasteiger partial charge in [0.05, 0.1) is 0 Å². The molecule has 3 aromatic rings. The molecule has 0 bridgehead atoms. The van der Waals surface area contributed by atoms with Crippen LogP contribution in [0.25, 0.3) is 20.2 Å². The van der Waals surface area contributed by atoms with Gasteiger partial charge in [-0.15, -0.1) is 11.3 Å². The molecule has 2 aromatic carbocycles. The van der Waals surface area contributed by atoms with Crippen LogP contribution in [-0.2, 0) is 9.53 Å². The second-order valence-corrected chi connectivity index (χ2v) is 6.43. The summed E-state index contributed by atoms with van der Waals surface area (Å²) in [6, 6.07) is 12.9. The van der Waals surface area contributed by atoms with Crippen molar-refractivity contribution in [1.29, 1.82) is 0 Å². The molecule has 0 saturated carbocycles. The van der Waals surface area contributed by atoms with E-state index in [1.807, 2.05) is 30.3 Å². The monoisotopic (exact) mass is 340 g/mol. The van der Waals surface area contributed by atoms with E-state index in [0.717, 1.165) is 14.8 Å². The van der Waals surface area contributed by atoms with E-state index in [2.05, 4.69) is 6.58 Å². The van der Waals surface area contributed by atoms with Crippen LogP contribution in [0.3, 0.4) is 0 Å². The predicted octanol–water partition coefficient (Wildman–Crippen LogP) is 3.91. The van der Waals surface area contributed by atoms with Gasteiger partial charge < -0.3 is 9.47 Å². The van der Waals surface area contributed by atoms with Gasteiger partial charge in [-0.3, -0.25) is 4.79 Å². The highest BCUT2D eigenvalue weighted by Gasteiger charge is 2.07. The van der Waals surface area contributed by atoms with Crippen molar-refractivity contribution in [2.75, 3.05) is 13.2 Å². The predicted molar refractivity (Wildman–Crippen MR) is 96.9 cm³/mol. The van der Waals surface area contributed by atoms with Gasteiger partial charge in [0.25, 0.3) is 0 Å². The largest absolute Gasteiger partial charge is 0.490 e. The number of carbonyl (C=O) groups excluding carboxylic acids is 1. The van der Waals surface area contributed by atoms with Crippen LogP contribution in [0.2, 0.25) is 0 Å². The molecule has 122 valence electrons. The van der Waals surface area contributed by atoms with Gasteiger partial charge in [0.1, 0.15) is 19.0 Å². The lowest BCUT2D eigenvalue weighted by molar-refractivity contribution is -0.139. The Kier molecular flexibility index (Phi) is 4.62. The SMILES string of the molecule is C=C(C)C(=O)OCCOc1ccc2c(=O)c3ccccc3sc2c1. The fraction of sp³-hybridized carbons (Fsp3) is 0.158. The highest BCUT2D eigenvalue weighted by Crippen LogP contribution is 2.27. The molecule has 4 nitrogen and oxygen atoms in total. The maximum absolute atomic E-state index is 12.5. The summed E-state index contributed by atoms with van der Waals surface area (Å²) >= 11 is 1.55. The van der Waals surface area contributed by atoms with Crippen LogP contribution in [0, 0.1) is 0 Å². The fourth-order valence-electron chi connectivity index (χ4n) is 2.29. The van der Waals surface area contributed by atoms with Crippen molar-refractivity contribution in [3.05, 3.63) is 64.8 Å². The molecule has 3 rings (SSSR count). The number of carbonyl (C=O) groups is 1. The first-order chi connectivity index (χ1) is 11.6. The molecule has 0 aliphatic carbocycles. The normalized spacial score (nSPS) is 10.7. The van der Waals surface area contributed by atoms with Crippen LogP contribution >= 0.6 is 11.3 Å². The van der Waals surface area contributed by atoms with Crippen molar-refractivity contribution in [1.82, 2.24) is 0 Å². The molecule has 0 N–H and O–H groups in total. The van der Waals surface area contributed by atoms with Crippen molar-refractivity contribution < 1.29 is 14.3 Å². The number of fused-ring (bicyclic) bond motifs is 2. The zero-order valence-electron chi connectivity index (χ0n) is 13.2. The van der Waals surface area contributed by atoms with Gasteiger partial charge in [-0.25, -0.2) is 4.79 Å². The van der Waals surface area contributed by atoms with Crippen molar-refractivity contribution in [2.24, 2.45) is 0 Å². The molecular formula is C19H16O4S. The van der Waals surface area contributed by atoms with Gasteiger partial charge in [0, 0.05) is 25.7 Å². The molecule has 1 heterocycles. The average Bonchev–Trinajstić information content (AvgIpc) is 2.58. The van der Waals surface area contributed by atoms with E-state index in [4.69, 9.17) is 9.47 Å². The Morgan fingerprint density at radius 2 is 1.83 bits per heavy atom. The molecule has 24 heavy (non-hydrogen) atoms. The summed E-state index contributed by atoms with van der Waals surface area (Å²) in [6.45, 7) is 5.51. The van der Waals surface area contributed by atoms with E-state index in [-0.39, 0.29) is 18.6 Å². The van der Waals surface area contributed by atoms with Crippen LogP contribution in [-0.4, -0.2) is 19.2 Å². The van der Waals surface area contributed by atoms with Crippen LogP contribution in [0.4, 0.5) is 0 Å². The number of benzene rings is 2. The Labute approximate surface area is 142 Å². The summed E-state index contributed by atoms with van der Waals surface area (Å²) in [5.74, 6) is 0.210. The maximum Gasteiger partial charge on any atom is 0.333 e. The molecule has 0 aliphatic rings. The van der Waals surface area contributed by atoms with Crippen molar-refractivity contribution in [3.8, 4) is 5.75 Å². The van der Waals surface area contributed by atoms with E-state index in [9.17, 15) is 9.59 Å². The maximum atomic E-state index is 12.5. The molecule has 1 aromatic heterocycles. The molecule has 0 fully saturated rings. The Morgan fingerprint density at radius 3 is 2.62 bits per heavy atom. The number of hydrogen-bond acceptors (Lipinski definition) is 5. The standard InChI is InChI=1S/C19H16O4S/c1-12(2)19(21)23-10-9-22-13-7-8-15-17(11-13)24-16-6-4-3-5-14(16)18(15)20/h3-8,11H,1,9-10H2,2H3. The fourth-order valence-corrected chi connectivity index (χ4v) is 3.39. The minimum Gasteiger partial charge on any atom is -0.490 e. The van der Waals surface area contributed by atoms with Crippen LogP contribution in [0.5, 0.6) is 5.75 Å². The lowest BCUT2D eigenvalue weighted by Crippen LogP contribution is -2.12. The minimum absolute atomic E-state index is 0.0290. The topological polar surface area (TPSA) is 52.6 Å². The second-order valence-electron chi connectivity index (χ2n) is 5.35. The summed E-state index contributed by atoms with van der Waals surface area (Å²) < 4.78 is 12.4. The van der Waals surface area contributed by atoms with E-state index in [1.165, 1.54) is 0 Å². The minimum atomic E-state index is -0.429. The average molecular weight is 340 g/mol. The number of hydrogen-bond donors (Lipinski definition) is 0. The first kappa shape index (κ1) is 16.2. The third kappa shape index (κ3) is 3.31. The first-order valence-corrected chi connectivity index (χ1v) is 8.29. The molecule has 0 saturated heterocycles. The molecule has 0 unspecified atom stereocenters. The summed E-state index contributed by atoms with van der Waals surface area (Å²) in [6.07, 6.45) is 0. The Balaban J connectivity index is 1.79. The van der Waals surface area contributed by atoms with E-state index in [0.29, 0.717) is 16.7 Å². The van der Waals surface area contributed by atoms with Crippen molar-refractivity contribution >= 4 is 37.5 Å². The summed E-state index contributed by atoms with van der Waals surface area (Å²) in [4.78, 5) is 23.8.